The maximum atomic E-state index is 12.4. The van der Waals surface area contributed by atoms with E-state index in [2.05, 4.69) is 9.97 Å². The number of aromatic nitrogens is 2. The maximum Gasteiger partial charge on any atom is 0.471 e. The molecule has 0 saturated carbocycles. The van der Waals surface area contributed by atoms with Crippen LogP contribution in [-0.4, -0.2) is 22.1 Å². The lowest BCUT2D eigenvalue weighted by Gasteiger charge is -2.12. The average molecular weight is 321 g/mol. The van der Waals surface area contributed by atoms with Gasteiger partial charge in [0.2, 0.25) is 5.89 Å². The molecule has 0 aliphatic carbocycles. The van der Waals surface area contributed by atoms with E-state index >= 15 is 0 Å². The Morgan fingerprint density at radius 3 is 2.70 bits per heavy atom. The molecule has 0 aliphatic rings. The third-order valence-corrected chi connectivity index (χ3v) is 3.23. The molecule has 2 aromatic heterocycles. The molecule has 0 aliphatic heterocycles. The number of nitrogens with zero attached hydrogens (tertiary/aromatic N) is 2. The minimum absolute atomic E-state index is 0.0417. The number of anilines is 1. The fourth-order valence-corrected chi connectivity index (χ4v) is 2.08. The summed E-state index contributed by atoms with van der Waals surface area (Å²) in [5.74, 6) is -1.81. The van der Waals surface area contributed by atoms with Crippen molar-refractivity contribution in [3.8, 4) is 11.5 Å². The number of oxazole rings is 1. The SMILES string of the molecule is Cc1c(NC(=O)C(F)(F)F)cccc1-c1nc2ncccc2o1. The number of nitrogens with one attached hydrogen (secondary N) is 1. The molecule has 0 saturated heterocycles. The Bertz CT molecular complexity index is 854. The number of fused-ring (bicyclic) bond motifs is 1. The van der Waals surface area contributed by atoms with Crippen LogP contribution in [0.2, 0.25) is 0 Å². The Balaban J connectivity index is 2.01. The number of pyridine rings is 1. The number of rotatable bonds is 2. The number of alkyl halides is 3. The van der Waals surface area contributed by atoms with Crippen LogP contribution in [0.5, 0.6) is 0 Å². The second-order valence-electron chi connectivity index (χ2n) is 4.77. The van der Waals surface area contributed by atoms with Crippen molar-refractivity contribution >= 4 is 22.8 Å². The Morgan fingerprint density at radius 1 is 1.22 bits per heavy atom. The van der Waals surface area contributed by atoms with Crippen molar-refractivity contribution in [1.82, 2.24) is 9.97 Å². The number of benzene rings is 1. The normalized spacial score (nSPS) is 11.7. The van der Waals surface area contributed by atoms with Gasteiger partial charge in [-0.25, -0.2) is 4.98 Å². The Kier molecular flexibility index (Phi) is 3.51. The minimum Gasteiger partial charge on any atom is -0.434 e. The summed E-state index contributed by atoms with van der Waals surface area (Å²) < 4.78 is 42.7. The fourth-order valence-electron chi connectivity index (χ4n) is 2.08. The standard InChI is InChI=1S/C15H10F3N3O2/c1-8-9(13-21-12-11(23-13)6-3-7-19-12)4-2-5-10(8)20-14(22)15(16,17)18/h2-7H,1H3,(H,20,22). The van der Waals surface area contributed by atoms with Crippen LogP contribution in [0.1, 0.15) is 5.56 Å². The molecule has 0 radical (unpaired) electrons. The summed E-state index contributed by atoms with van der Waals surface area (Å²) in [6.07, 6.45) is -3.40. The molecule has 23 heavy (non-hydrogen) atoms. The number of carbonyl (C=O) groups is 1. The van der Waals surface area contributed by atoms with Gasteiger partial charge in [-0.05, 0) is 36.8 Å². The van der Waals surface area contributed by atoms with Gasteiger partial charge in [-0.2, -0.15) is 18.2 Å². The first-order chi connectivity index (χ1) is 10.9. The van der Waals surface area contributed by atoms with E-state index < -0.39 is 12.1 Å². The van der Waals surface area contributed by atoms with E-state index in [1.807, 2.05) is 5.32 Å². The molecule has 0 spiro atoms. The van der Waals surface area contributed by atoms with Gasteiger partial charge in [0.1, 0.15) is 0 Å². The molecule has 0 unspecified atom stereocenters. The van der Waals surface area contributed by atoms with Crippen LogP contribution in [0.25, 0.3) is 22.7 Å². The zero-order chi connectivity index (χ0) is 16.6. The molecule has 2 heterocycles. The van der Waals surface area contributed by atoms with Crippen molar-refractivity contribution in [1.29, 1.82) is 0 Å². The van der Waals surface area contributed by atoms with E-state index in [0.29, 0.717) is 22.4 Å². The summed E-state index contributed by atoms with van der Waals surface area (Å²) in [6, 6.07) is 7.90. The van der Waals surface area contributed by atoms with Gasteiger partial charge in [-0.3, -0.25) is 4.79 Å². The van der Waals surface area contributed by atoms with Crippen molar-refractivity contribution in [2.24, 2.45) is 0 Å². The lowest BCUT2D eigenvalue weighted by molar-refractivity contribution is -0.167. The van der Waals surface area contributed by atoms with Gasteiger partial charge >= 0.3 is 12.1 Å². The predicted octanol–water partition coefficient (Wildman–Crippen LogP) is 3.70. The number of hydrogen-bond donors (Lipinski definition) is 1. The summed E-state index contributed by atoms with van der Waals surface area (Å²) in [7, 11) is 0. The van der Waals surface area contributed by atoms with Gasteiger partial charge in [-0.15, -0.1) is 0 Å². The highest BCUT2D eigenvalue weighted by molar-refractivity contribution is 5.96. The average Bonchev–Trinajstić information content (AvgIpc) is 2.92. The molecular weight excluding hydrogens is 311 g/mol. The highest BCUT2D eigenvalue weighted by Crippen LogP contribution is 2.30. The molecule has 5 nitrogen and oxygen atoms in total. The molecular formula is C15H10F3N3O2. The fraction of sp³-hybridized carbons (Fsp3) is 0.133. The van der Waals surface area contributed by atoms with Crippen molar-refractivity contribution in [3.63, 3.8) is 0 Å². The van der Waals surface area contributed by atoms with E-state index in [0.717, 1.165) is 0 Å². The van der Waals surface area contributed by atoms with E-state index in [9.17, 15) is 18.0 Å². The second-order valence-corrected chi connectivity index (χ2v) is 4.77. The van der Waals surface area contributed by atoms with Gasteiger partial charge < -0.3 is 9.73 Å². The molecule has 1 aromatic carbocycles. The first-order valence-electron chi connectivity index (χ1n) is 6.56. The van der Waals surface area contributed by atoms with E-state index in [-0.39, 0.29) is 11.6 Å². The molecule has 1 amide bonds. The van der Waals surface area contributed by atoms with Crippen LogP contribution in [0.4, 0.5) is 18.9 Å². The van der Waals surface area contributed by atoms with Crippen molar-refractivity contribution in [2.45, 2.75) is 13.1 Å². The third-order valence-electron chi connectivity index (χ3n) is 3.23. The number of halogens is 3. The minimum atomic E-state index is -4.95. The van der Waals surface area contributed by atoms with Crippen LogP contribution >= 0.6 is 0 Å². The zero-order valence-electron chi connectivity index (χ0n) is 11.8. The van der Waals surface area contributed by atoms with Crippen LogP contribution < -0.4 is 5.32 Å². The summed E-state index contributed by atoms with van der Waals surface area (Å²) in [4.78, 5) is 19.3. The monoisotopic (exact) mass is 321 g/mol. The maximum absolute atomic E-state index is 12.4. The Morgan fingerprint density at radius 2 is 2.00 bits per heavy atom. The number of hydrogen-bond acceptors (Lipinski definition) is 4. The molecule has 0 bridgehead atoms. The lowest BCUT2D eigenvalue weighted by Crippen LogP contribution is -2.30. The summed E-state index contributed by atoms with van der Waals surface area (Å²) >= 11 is 0. The van der Waals surface area contributed by atoms with Crippen molar-refractivity contribution in [2.75, 3.05) is 5.32 Å². The Hall–Kier alpha value is -2.90. The molecule has 3 aromatic rings. The molecule has 118 valence electrons. The number of carbonyl (C=O) groups excluding carboxylic acids is 1. The molecule has 8 heteroatoms. The third kappa shape index (κ3) is 2.87. The highest BCUT2D eigenvalue weighted by atomic mass is 19.4. The van der Waals surface area contributed by atoms with Crippen LogP contribution in [0, 0.1) is 6.92 Å². The van der Waals surface area contributed by atoms with Crippen LogP contribution in [0.15, 0.2) is 40.9 Å². The highest BCUT2D eigenvalue weighted by Gasteiger charge is 2.39. The smallest absolute Gasteiger partial charge is 0.434 e. The van der Waals surface area contributed by atoms with Gasteiger partial charge in [0, 0.05) is 17.4 Å². The molecule has 0 fully saturated rings. The summed E-state index contributed by atoms with van der Waals surface area (Å²) in [5.41, 5.74) is 1.79. The van der Waals surface area contributed by atoms with Crippen LogP contribution in [0.3, 0.4) is 0 Å². The molecule has 0 atom stereocenters. The molecule has 1 N–H and O–H groups in total. The zero-order valence-corrected chi connectivity index (χ0v) is 11.8. The van der Waals surface area contributed by atoms with Gasteiger partial charge in [0.05, 0.1) is 0 Å². The lowest BCUT2D eigenvalue weighted by atomic mass is 10.1. The summed E-state index contributed by atoms with van der Waals surface area (Å²) in [6.45, 7) is 1.57. The molecule has 3 rings (SSSR count). The van der Waals surface area contributed by atoms with E-state index in [4.69, 9.17) is 4.42 Å². The van der Waals surface area contributed by atoms with Crippen molar-refractivity contribution in [3.05, 3.63) is 42.1 Å². The number of amides is 1. The van der Waals surface area contributed by atoms with E-state index in [1.54, 1.807) is 31.3 Å². The predicted molar refractivity (Wildman–Crippen MR) is 76.7 cm³/mol. The Labute approximate surface area is 128 Å². The quantitative estimate of drug-likeness (QED) is 0.781. The van der Waals surface area contributed by atoms with Crippen LogP contribution in [-0.2, 0) is 4.79 Å². The summed E-state index contributed by atoms with van der Waals surface area (Å²) in [5, 5.41) is 1.85. The van der Waals surface area contributed by atoms with Crippen molar-refractivity contribution < 1.29 is 22.4 Å². The topological polar surface area (TPSA) is 68.0 Å². The first-order valence-corrected chi connectivity index (χ1v) is 6.56. The van der Waals surface area contributed by atoms with Gasteiger partial charge in [0.25, 0.3) is 0 Å². The van der Waals surface area contributed by atoms with Gasteiger partial charge in [-0.1, -0.05) is 6.07 Å². The largest absolute Gasteiger partial charge is 0.471 e. The second kappa shape index (κ2) is 5.38. The van der Waals surface area contributed by atoms with Gasteiger partial charge in [0.15, 0.2) is 11.2 Å². The van der Waals surface area contributed by atoms with E-state index in [1.165, 1.54) is 12.1 Å². The first kappa shape index (κ1) is 15.0.